The number of fused-ring (bicyclic) bond motifs is 1. The third-order valence-electron chi connectivity index (χ3n) is 5.72. The monoisotopic (exact) mass is 430 g/mol. The molecule has 0 aliphatic carbocycles. The number of aryl methyl sites for hydroxylation is 1. The first kappa shape index (κ1) is 21.4. The number of aliphatic hydroxyl groups is 1. The molecular weight excluding hydrogens is 408 g/mol. The van der Waals surface area contributed by atoms with Crippen LogP contribution in [0.3, 0.4) is 0 Å². The zero-order valence-corrected chi connectivity index (χ0v) is 17.3. The van der Waals surface area contributed by atoms with Crippen LogP contribution in [0.5, 0.6) is 0 Å². The number of nitro groups is 1. The summed E-state index contributed by atoms with van der Waals surface area (Å²) in [6, 6.07) is 22.1. The summed E-state index contributed by atoms with van der Waals surface area (Å²) in [4.78, 5) is 38.1. The molecule has 0 saturated carbocycles. The van der Waals surface area contributed by atoms with Gasteiger partial charge in [0.05, 0.1) is 17.0 Å². The summed E-state index contributed by atoms with van der Waals surface area (Å²) in [5, 5.41) is 22.4. The molecule has 0 fully saturated rings. The van der Waals surface area contributed by atoms with Crippen LogP contribution in [0.4, 0.5) is 11.4 Å². The maximum Gasteiger partial charge on any atom is 0.270 e. The molecule has 3 aromatic rings. The maximum absolute atomic E-state index is 13.3. The Kier molecular flexibility index (Phi) is 5.83. The number of nitro benzene ring substituents is 1. The van der Waals surface area contributed by atoms with Crippen molar-refractivity contribution in [2.45, 2.75) is 24.9 Å². The summed E-state index contributed by atoms with van der Waals surface area (Å²) in [6.07, 6.45) is 0.982. The van der Waals surface area contributed by atoms with E-state index in [1.807, 2.05) is 30.3 Å². The highest BCUT2D eigenvalue weighted by Gasteiger charge is 2.50. The van der Waals surface area contributed by atoms with Crippen LogP contribution in [0.25, 0.3) is 0 Å². The predicted molar refractivity (Wildman–Crippen MR) is 119 cm³/mol. The van der Waals surface area contributed by atoms with Crippen molar-refractivity contribution in [3.8, 4) is 0 Å². The van der Waals surface area contributed by atoms with E-state index in [1.54, 1.807) is 24.3 Å². The van der Waals surface area contributed by atoms with E-state index in [2.05, 4.69) is 0 Å². The number of hydrogen-bond donors (Lipinski definition) is 1. The smallest absolute Gasteiger partial charge is 0.270 e. The van der Waals surface area contributed by atoms with Crippen LogP contribution in [0, 0.1) is 10.1 Å². The number of amides is 1. The molecule has 0 radical (unpaired) electrons. The van der Waals surface area contributed by atoms with Crippen molar-refractivity contribution in [1.29, 1.82) is 0 Å². The number of nitrogens with zero attached hydrogens (tertiary/aromatic N) is 2. The van der Waals surface area contributed by atoms with Crippen LogP contribution in [0.15, 0.2) is 78.9 Å². The number of carbonyl (C=O) groups is 2. The van der Waals surface area contributed by atoms with Gasteiger partial charge in [0.25, 0.3) is 11.6 Å². The van der Waals surface area contributed by atoms with Crippen molar-refractivity contribution in [2.24, 2.45) is 0 Å². The second kappa shape index (κ2) is 8.72. The van der Waals surface area contributed by atoms with Crippen LogP contribution in [0.2, 0.25) is 0 Å². The summed E-state index contributed by atoms with van der Waals surface area (Å²) < 4.78 is 0. The third kappa shape index (κ3) is 4.02. The molecule has 1 N–H and O–H groups in total. The van der Waals surface area contributed by atoms with E-state index in [9.17, 15) is 24.8 Å². The molecule has 4 rings (SSSR count). The number of Topliss-reactive ketones (excluding diaryl/α,β-unsaturated/α-hetero) is 1. The van der Waals surface area contributed by atoms with Gasteiger partial charge in [-0.2, -0.15) is 0 Å². The number of para-hydroxylation sites is 1. The highest BCUT2D eigenvalue weighted by molar-refractivity contribution is 6.10. The lowest BCUT2D eigenvalue weighted by Gasteiger charge is -2.23. The molecule has 1 amide bonds. The average molecular weight is 430 g/mol. The Morgan fingerprint density at radius 3 is 2.47 bits per heavy atom. The van der Waals surface area contributed by atoms with Crippen LogP contribution in [-0.4, -0.2) is 28.3 Å². The summed E-state index contributed by atoms with van der Waals surface area (Å²) in [6.45, 7) is 0.401. The molecule has 7 heteroatoms. The fraction of sp³-hybridized carbons (Fsp3) is 0.200. The minimum Gasteiger partial charge on any atom is -0.375 e. The SMILES string of the molecule is O=C(C[C@@]1(O)C(=O)N(CCCc2ccccc2)c2ccccc21)c1cccc([N+](=O)[O-])c1. The molecule has 3 aromatic carbocycles. The summed E-state index contributed by atoms with van der Waals surface area (Å²) >= 11 is 0. The van der Waals surface area contributed by atoms with Crippen LogP contribution in [0.1, 0.15) is 34.3 Å². The van der Waals surface area contributed by atoms with E-state index in [0.717, 1.165) is 18.1 Å². The molecule has 162 valence electrons. The molecule has 0 aromatic heterocycles. The second-order valence-electron chi connectivity index (χ2n) is 7.83. The molecule has 7 nitrogen and oxygen atoms in total. The van der Waals surface area contributed by atoms with E-state index < -0.39 is 28.6 Å². The summed E-state index contributed by atoms with van der Waals surface area (Å²) in [5.41, 5.74) is -0.0266. The van der Waals surface area contributed by atoms with E-state index in [4.69, 9.17) is 0 Å². The molecule has 1 atom stereocenters. The topological polar surface area (TPSA) is 101 Å². The number of hydrogen-bond acceptors (Lipinski definition) is 5. The molecule has 0 unspecified atom stereocenters. The number of carbonyl (C=O) groups excluding carboxylic acids is 2. The zero-order chi connectivity index (χ0) is 22.7. The maximum atomic E-state index is 13.3. The van der Waals surface area contributed by atoms with Gasteiger partial charge >= 0.3 is 0 Å². The third-order valence-corrected chi connectivity index (χ3v) is 5.72. The van der Waals surface area contributed by atoms with E-state index in [1.165, 1.54) is 23.1 Å². The lowest BCUT2D eigenvalue weighted by Crippen LogP contribution is -2.42. The molecule has 1 heterocycles. The van der Waals surface area contributed by atoms with Crippen molar-refractivity contribution in [2.75, 3.05) is 11.4 Å². The minimum atomic E-state index is -2.01. The molecule has 32 heavy (non-hydrogen) atoms. The first-order chi connectivity index (χ1) is 15.4. The van der Waals surface area contributed by atoms with Gasteiger partial charge in [-0.15, -0.1) is 0 Å². The summed E-state index contributed by atoms with van der Waals surface area (Å²) in [7, 11) is 0. The lowest BCUT2D eigenvalue weighted by molar-refractivity contribution is -0.384. The molecule has 1 aliphatic rings. The highest BCUT2D eigenvalue weighted by atomic mass is 16.6. The zero-order valence-electron chi connectivity index (χ0n) is 17.3. The largest absolute Gasteiger partial charge is 0.375 e. The quantitative estimate of drug-likeness (QED) is 0.330. The number of rotatable bonds is 8. The first-order valence-corrected chi connectivity index (χ1v) is 10.4. The van der Waals surface area contributed by atoms with Crippen molar-refractivity contribution in [3.63, 3.8) is 0 Å². The van der Waals surface area contributed by atoms with Crippen LogP contribution < -0.4 is 4.90 Å². The molecule has 0 bridgehead atoms. The van der Waals surface area contributed by atoms with Crippen molar-refractivity contribution >= 4 is 23.1 Å². The van der Waals surface area contributed by atoms with E-state index in [-0.39, 0.29) is 11.3 Å². The van der Waals surface area contributed by atoms with E-state index >= 15 is 0 Å². The normalized spacial score (nSPS) is 17.3. The lowest BCUT2D eigenvalue weighted by atomic mass is 9.88. The van der Waals surface area contributed by atoms with Crippen molar-refractivity contribution in [3.05, 3.63) is 106 Å². The number of anilines is 1. The second-order valence-corrected chi connectivity index (χ2v) is 7.83. The fourth-order valence-electron chi connectivity index (χ4n) is 4.11. The summed E-state index contributed by atoms with van der Waals surface area (Å²) in [5.74, 6) is -1.09. The van der Waals surface area contributed by atoms with Gasteiger partial charge in [-0.25, -0.2) is 0 Å². The van der Waals surface area contributed by atoms with Gasteiger partial charge in [0, 0.05) is 29.8 Å². The predicted octanol–water partition coefficient (Wildman–Crippen LogP) is 4.03. The number of non-ortho nitro benzene ring substituents is 1. The van der Waals surface area contributed by atoms with Gasteiger partial charge in [-0.05, 0) is 24.5 Å². The van der Waals surface area contributed by atoms with Gasteiger partial charge in [-0.1, -0.05) is 60.7 Å². The molecule has 0 saturated heterocycles. The fourth-order valence-corrected chi connectivity index (χ4v) is 4.11. The Labute approximate surface area is 185 Å². The molecular formula is C25H22N2O5. The Bertz CT molecular complexity index is 1180. The van der Waals surface area contributed by atoms with Gasteiger partial charge in [0.1, 0.15) is 0 Å². The van der Waals surface area contributed by atoms with Crippen molar-refractivity contribution < 1.29 is 19.6 Å². The Morgan fingerprint density at radius 1 is 1.00 bits per heavy atom. The molecule has 1 aliphatic heterocycles. The van der Waals surface area contributed by atoms with Crippen LogP contribution >= 0.6 is 0 Å². The Morgan fingerprint density at radius 2 is 1.72 bits per heavy atom. The first-order valence-electron chi connectivity index (χ1n) is 10.4. The average Bonchev–Trinajstić information content (AvgIpc) is 3.01. The van der Waals surface area contributed by atoms with Gasteiger partial charge in [-0.3, -0.25) is 19.7 Å². The number of ketones is 1. The van der Waals surface area contributed by atoms with Crippen LogP contribution in [-0.2, 0) is 16.8 Å². The van der Waals surface area contributed by atoms with Gasteiger partial charge < -0.3 is 10.0 Å². The minimum absolute atomic E-state index is 0.0837. The van der Waals surface area contributed by atoms with Crippen molar-refractivity contribution in [1.82, 2.24) is 0 Å². The standard InChI is InChI=1S/C25H22N2O5/c28-23(19-11-6-12-20(16-19)27(31)32)17-25(30)21-13-4-5-14-22(21)26(24(25)29)15-7-10-18-8-2-1-3-9-18/h1-6,8-9,11-14,16,30H,7,10,15,17H2/t25-/m0/s1. The Balaban J connectivity index is 1.55. The molecule has 0 spiro atoms. The highest BCUT2D eigenvalue weighted by Crippen LogP contribution is 2.43. The van der Waals surface area contributed by atoms with Gasteiger partial charge in [0.2, 0.25) is 0 Å². The number of benzene rings is 3. The van der Waals surface area contributed by atoms with Gasteiger partial charge in [0.15, 0.2) is 11.4 Å². The van der Waals surface area contributed by atoms with E-state index in [0.29, 0.717) is 24.2 Å². The Hall–Kier alpha value is -3.84.